The summed E-state index contributed by atoms with van der Waals surface area (Å²) in [7, 11) is 0. The first kappa shape index (κ1) is 13.4. The van der Waals surface area contributed by atoms with Gasteiger partial charge in [0.25, 0.3) is 0 Å². The van der Waals surface area contributed by atoms with E-state index < -0.39 is 5.97 Å². The zero-order valence-electron chi connectivity index (χ0n) is 8.93. The summed E-state index contributed by atoms with van der Waals surface area (Å²) < 4.78 is 4.68. The molecule has 0 aromatic rings. The lowest BCUT2D eigenvalue weighted by molar-refractivity contribution is -0.141. The van der Waals surface area contributed by atoms with Gasteiger partial charge in [-0.15, -0.1) is 11.6 Å². The molecule has 0 rings (SSSR count). The van der Waals surface area contributed by atoms with Crippen molar-refractivity contribution in [2.24, 2.45) is 5.41 Å². The molecule has 0 unspecified atom stereocenters. The average molecular weight is 221 g/mol. The molecule has 14 heavy (non-hydrogen) atoms. The highest BCUT2D eigenvalue weighted by atomic mass is 35.5. The summed E-state index contributed by atoms with van der Waals surface area (Å²) in [5.41, 5.74) is -0.00637. The van der Waals surface area contributed by atoms with E-state index in [-0.39, 0.29) is 30.1 Å². The number of alkyl halides is 1. The lowest BCUT2D eigenvalue weighted by Gasteiger charge is -2.16. The van der Waals surface area contributed by atoms with Crippen LogP contribution in [0.2, 0.25) is 0 Å². The Hall–Kier alpha value is -0.570. The fraction of sp³-hybridized carbons (Fsp3) is 0.800. The molecule has 0 atom stereocenters. The van der Waals surface area contributed by atoms with Gasteiger partial charge in [-0.1, -0.05) is 20.8 Å². The van der Waals surface area contributed by atoms with Crippen molar-refractivity contribution >= 4 is 23.4 Å². The second kappa shape index (κ2) is 6.02. The van der Waals surface area contributed by atoms with E-state index in [1.807, 2.05) is 20.8 Å². The van der Waals surface area contributed by atoms with Gasteiger partial charge in [0.05, 0.1) is 6.61 Å². The number of rotatable bonds is 5. The molecule has 3 nitrogen and oxygen atoms in total. The predicted octanol–water partition coefficient (Wildman–Crippen LogP) is 2.16. The Morgan fingerprint density at radius 3 is 2.29 bits per heavy atom. The number of esters is 1. The van der Waals surface area contributed by atoms with Crippen LogP contribution < -0.4 is 0 Å². The van der Waals surface area contributed by atoms with Crippen molar-refractivity contribution in [2.45, 2.75) is 33.6 Å². The smallest absolute Gasteiger partial charge is 0.320 e. The first-order chi connectivity index (χ1) is 6.35. The van der Waals surface area contributed by atoms with E-state index in [1.54, 1.807) is 0 Å². The fourth-order valence-corrected chi connectivity index (χ4v) is 1.07. The number of ether oxygens (including phenoxy) is 1. The van der Waals surface area contributed by atoms with Gasteiger partial charge in [-0.3, -0.25) is 9.59 Å². The van der Waals surface area contributed by atoms with Crippen molar-refractivity contribution in [3.05, 3.63) is 0 Å². The molecule has 0 spiro atoms. The molecule has 0 N–H and O–H groups in total. The largest absolute Gasteiger partial charge is 0.464 e. The maximum atomic E-state index is 11.3. The van der Waals surface area contributed by atoms with Gasteiger partial charge in [0.2, 0.25) is 0 Å². The first-order valence-corrected chi connectivity index (χ1v) is 5.12. The predicted molar refractivity (Wildman–Crippen MR) is 55.4 cm³/mol. The van der Waals surface area contributed by atoms with Crippen LogP contribution in [-0.4, -0.2) is 24.2 Å². The lowest BCUT2D eigenvalue weighted by Crippen LogP contribution is -2.16. The third kappa shape index (κ3) is 8.05. The molecular weight excluding hydrogens is 204 g/mol. The summed E-state index contributed by atoms with van der Waals surface area (Å²) in [6.07, 6.45) is 0.783. The number of ketones is 1. The number of carbonyl (C=O) groups excluding carboxylic acids is 2. The molecule has 0 heterocycles. The van der Waals surface area contributed by atoms with E-state index in [9.17, 15) is 9.59 Å². The molecule has 0 bridgehead atoms. The van der Waals surface area contributed by atoms with E-state index in [2.05, 4.69) is 4.74 Å². The van der Waals surface area contributed by atoms with Gasteiger partial charge in [-0.25, -0.2) is 0 Å². The maximum absolute atomic E-state index is 11.3. The van der Waals surface area contributed by atoms with Gasteiger partial charge in [0.15, 0.2) is 0 Å². The third-order valence-corrected chi connectivity index (χ3v) is 1.70. The second-order valence-corrected chi connectivity index (χ2v) is 4.65. The Morgan fingerprint density at radius 2 is 1.86 bits per heavy atom. The van der Waals surface area contributed by atoms with Crippen molar-refractivity contribution in [1.29, 1.82) is 0 Å². The van der Waals surface area contributed by atoms with E-state index in [1.165, 1.54) is 0 Å². The molecule has 0 aromatic heterocycles. The molecule has 0 aromatic carbocycles. The maximum Gasteiger partial charge on any atom is 0.320 e. The summed E-state index contributed by atoms with van der Waals surface area (Å²) in [5.74, 6) is -0.525. The summed E-state index contributed by atoms with van der Waals surface area (Å²) in [5, 5.41) is 0. The molecule has 0 aliphatic rings. The molecule has 0 amide bonds. The normalized spacial score (nSPS) is 11.1. The van der Waals surface area contributed by atoms with Crippen LogP contribution in [0.25, 0.3) is 0 Å². The number of halogens is 1. The lowest BCUT2D eigenvalue weighted by atomic mass is 9.89. The van der Waals surface area contributed by atoms with Crippen LogP contribution in [0.15, 0.2) is 0 Å². The fourth-order valence-electron chi connectivity index (χ4n) is 0.997. The minimum Gasteiger partial charge on any atom is -0.464 e. The number of Topliss-reactive ketones (excluding diaryl/α,β-unsaturated/α-hetero) is 1. The Balaban J connectivity index is 3.60. The standard InChI is InChI=1S/C10H17ClO3/c1-10(2,3)6-8(12)4-5-14-9(13)7-11/h4-7H2,1-3H3. The number of hydrogen-bond donors (Lipinski definition) is 0. The SMILES string of the molecule is CC(C)(C)CC(=O)CCOC(=O)CCl. The van der Waals surface area contributed by atoms with Crippen LogP contribution in [-0.2, 0) is 14.3 Å². The molecule has 4 heteroatoms. The second-order valence-electron chi connectivity index (χ2n) is 4.38. The monoisotopic (exact) mass is 220 g/mol. The van der Waals surface area contributed by atoms with Gasteiger partial charge in [0.1, 0.15) is 11.7 Å². The zero-order valence-corrected chi connectivity index (χ0v) is 9.69. The van der Waals surface area contributed by atoms with E-state index in [4.69, 9.17) is 11.6 Å². The Morgan fingerprint density at radius 1 is 1.29 bits per heavy atom. The summed E-state index contributed by atoms with van der Waals surface area (Å²) in [4.78, 5) is 21.9. The van der Waals surface area contributed by atoms with Gasteiger partial charge in [-0.2, -0.15) is 0 Å². The van der Waals surface area contributed by atoms with Crippen molar-refractivity contribution in [3.63, 3.8) is 0 Å². The summed E-state index contributed by atoms with van der Waals surface area (Å²) in [6.45, 7) is 6.13. The quantitative estimate of drug-likeness (QED) is 0.527. The highest BCUT2D eigenvalue weighted by molar-refractivity contribution is 6.26. The Labute approximate surface area is 89.8 Å². The van der Waals surface area contributed by atoms with Crippen LogP contribution in [0.4, 0.5) is 0 Å². The van der Waals surface area contributed by atoms with Gasteiger partial charge >= 0.3 is 5.97 Å². The van der Waals surface area contributed by atoms with Gasteiger partial charge < -0.3 is 4.74 Å². The third-order valence-electron chi connectivity index (χ3n) is 1.48. The van der Waals surface area contributed by atoms with E-state index in [0.29, 0.717) is 6.42 Å². The molecule has 0 aliphatic carbocycles. The van der Waals surface area contributed by atoms with Gasteiger partial charge in [0, 0.05) is 12.8 Å². The van der Waals surface area contributed by atoms with E-state index in [0.717, 1.165) is 0 Å². The topological polar surface area (TPSA) is 43.4 Å². The van der Waals surface area contributed by atoms with Crippen LogP contribution in [0, 0.1) is 5.41 Å². The average Bonchev–Trinajstić information content (AvgIpc) is 2.00. The van der Waals surface area contributed by atoms with Crippen LogP contribution in [0.5, 0.6) is 0 Å². The molecule has 0 radical (unpaired) electrons. The van der Waals surface area contributed by atoms with Crippen molar-refractivity contribution in [1.82, 2.24) is 0 Å². The molecule has 0 saturated heterocycles. The molecule has 0 saturated carbocycles. The molecule has 82 valence electrons. The summed E-state index contributed by atoms with van der Waals surface area (Å²) in [6, 6.07) is 0. The van der Waals surface area contributed by atoms with Crippen LogP contribution >= 0.6 is 11.6 Å². The van der Waals surface area contributed by atoms with Crippen molar-refractivity contribution in [2.75, 3.05) is 12.5 Å². The molecule has 0 aliphatic heterocycles. The van der Waals surface area contributed by atoms with Crippen molar-refractivity contribution in [3.8, 4) is 0 Å². The zero-order chi connectivity index (χ0) is 11.2. The van der Waals surface area contributed by atoms with Gasteiger partial charge in [-0.05, 0) is 5.41 Å². The van der Waals surface area contributed by atoms with Crippen LogP contribution in [0.1, 0.15) is 33.6 Å². The molecular formula is C10H17ClO3. The Bertz CT molecular complexity index is 206. The minimum absolute atomic E-state index is 0.00637. The molecule has 0 fully saturated rings. The Kier molecular flexibility index (Phi) is 5.77. The minimum atomic E-state index is -0.477. The number of carbonyl (C=O) groups is 2. The highest BCUT2D eigenvalue weighted by Crippen LogP contribution is 2.19. The summed E-state index contributed by atoms with van der Waals surface area (Å²) >= 11 is 5.21. The van der Waals surface area contributed by atoms with Crippen molar-refractivity contribution < 1.29 is 14.3 Å². The van der Waals surface area contributed by atoms with E-state index >= 15 is 0 Å². The number of hydrogen-bond acceptors (Lipinski definition) is 3. The van der Waals surface area contributed by atoms with Crippen LogP contribution in [0.3, 0.4) is 0 Å². The first-order valence-electron chi connectivity index (χ1n) is 4.58. The highest BCUT2D eigenvalue weighted by Gasteiger charge is 2.15.